The molecule has 0 bridgehead atoms. The van der Waals surface area contributed by atoms with Gasteiger partial charge in [0.2, 0.25) is 0 Å². The first-order chi connectivity index (χ1) is 9.93. The molecule has 0 spiro atoms. The lowest BCUT2D eigenvalue weighted by molar-refractivity contribution is 0.475. The first-order valence-electron chi connectivity index (χ1n) is 6.86. The van der Waals surface area contributed by atoms with Gasteiger partial charge in [0.25, 0.3) is 0 Å². The SMILES string of the molecule is CCNC(c1cc(Cl)cc(Br)c1)c1c(Br)cnn1C(C)C. The molecule has 1 unspecified atom stereocenters. The second kappa shape index (κ2) is 7.27. The summed E-state index contributed by atoms with van der Waals surface area (Å²) >= 11 is 13.3. The number of halogens is 3. The topological polar surface area (TPSA) is 29.9 Å². The number of nitrogens with one attached hydrogen (secondary N) is 1. The third kappa shape index (κ3) is 3.89. The minimum Gasteiger partial charge on any atom is -0.305 e. The molecule has 1 heterocycles. The van der Waals surface area contributed by atoms with Gasteiger partial charge in [0.05, 0.1) is 22.4 Å². The molecule has 0 saturated heterocycles. The average Bonchev–Trinajstić information content (AvgIpc) is 2.76. The van der Waals surface area contributed by atoms with Crippen LogP contribution < -0.4 is 5.32 Å². The van der Waals surface area contributed by atoms with E-state index < -0.39 is 0 Å². The van der Waals surface area contributed by atoms with Crippen molar-refractivity contribution in [3.05, 3.63) is 49.6 Å². The van der Waals surface area contributed by atoms with Crippen LogP contribution in [0.1, 0.15) is 44.1 Å². The highest BCUT2D eigenvalue weighted by atomic mass is 79.9. The van der Waals surface area contributed by atoms with Gasteiger partial charge in [-0.05, 0) is 60.1 Å². The predicted molar refractivity (Wildman–Crippen MR) is 95.0 cm³/mol. The highest BCUT2D eigenvalue weighted by Crippen LogP contribution is 2.33. The Balaban J connectivity index is 2.56. The van der Waals surface area contributed by atoms with E-state index >= 15 is 0 Å². The van der Waals surface area contributed by atoms with Gasteiger partial charge >= 0.3 is 0 Å². The zero-order valence-electron chi connectivity index (χ0n) is 12.2. The van der Waals surface area contributed by atoms with Crippen LogP contribution in [-0.4, -0.2) is 16.3 Å². The van der Waals surface area contributed by atoms with Crippen LogP contribution in [0.25, 0.3) is 0 Å². The molecule has 0 aliphatic carbocycles. The van der Waals surface area contributed by atoms with E-state index in [4.69, 9.17) is 11.6 Å². The Bertz CT molecular complexity index is 605. The van der Waals surface area contributed by atoms with Crippen molar-refractivity contribution in [1.82, 2.24) is 15.1 Å². The molecule has 114 valence electrons. The Morgan fingerprint density at radius 3 is 2.57 bits per heavy atom. The summed E-state index contributed by atoms with van der Waals surface area (Å²) in [5, 5.41) is 8.71. The molecule has 0 radical (unpaired) electrons. The molecular formula is C15H18Br2ClN3. The van der Waals surface area contributed by atoms with Gasteiger partial charge in [0.1, 0.15) is 0 Å². The van der Waals surface area contributed by atoms with Crippen LogP contribution in [0.5, 0.6) is 0 Å². The van der Waals surface area contributed by atoms with Gasteiger partial charge in [-0.1, -0.05) is 34.5 Å². The lowest BCUT2D eigenvalue weighted by Crippen LogP contribution is -2.26. The lowest BCUT2D eigenvalue weighted by atomic mass is 10.0. The fraction of sp³-hybridized carbons (Fsp3) is 0.400. The maximum Gasteiger partial charge on any atom is 0.0760 e. The first kappa shape index (κ1) is 17.0. The van der Waals surface area contributed by atoms with Gasteiger partial charge in [-0.2, -0.15) is 5.10 Å². The molecule has 21 heavy (non-hydrogen) atoms. The second-order valence-corrected chi connectivity index (χ2v) is 7.32. The second-order valence-electron chi connectivity index (χ2n) is 5.11. The van der Waals surface area contributed by atoms with Gasteiger partial charge in [-0.3, -0.25) is 4.68 Å². The largest absolute Gasteiger partial charge is 0.305 e. The number of rotatable bonds is 5. The van der Waals surface area contributed by atoms with Crippen molar-refractivity contribution in [3.8, 4) is 0 Å². The molecule has 1 aromatic carbocycles. The zero-order chi connectivity index (χ0) is 15.6. The molecule has 2 aromatic rings. The van der Waals surface area contributed by atoms with E-state index in [1.54, 1.807) is 0 Å². The standard InChI is InChI=1S/C15H18Br2ClN3/c1-4-19-14(10-5-11(16)7-12(18)6-10)15-13(17)8-20-21(15)9(2)3/h5-9,14,19H,4H2,1-3H3. The molecule has 0 amide bonds. The maximum absolute atomic E-state index is 6.21. The van der Waals surface area contributed by atoms with Crippen LogP contribution in [0.3, 0.4) is 0 Å². The van der Waals surface area contributed by atoms with E-state index in [1.807, 2.05) is 23.0 Å². The molecule has 6 heteroatoms. The number of benzene rings is 1. The fourth-order valence-electron chi connectivity index (χ4n) is 2.35. The van der Waals surface area contributed by atoms with Crippen molar-refractivity contribution in [2.45, 2.75) is 32.9 Å². The Kier molecular flexibility index (Phi) is 5.88. The highest BCUT2D eigenvalue weighted by molar-refractivity contribution is 9.10. The van der Waals surface area contributed by atoms with E-state index in [-0.39, 0.29) is 12.1 Å². The van der Waals surface area contributed by atoms with E-state index in [1.165, 1.54) is 0 Å². The summed E-state index contributed by atoms with van der Waals surface area (Å²) in [5.74, 6) is 0. The van der Waals surface area contributed by atoms with Crippen LogP contribution in [0.15, 0.2) is 33.3 Å². The molecule has 0 aliphatic rings. The molecule has 1 N–H and O–H groups in total. The van der Waals surface area contributed by atoms with Crippen molar-refractivity contribution in [1.29, 1.82) is 0 Å². The Hall–Kier alpha value is -0.360. The van der Waals surface area contributed by atoms with E-state index in [0.717, 1.165) is 26.7 Å². The monoisotopic (exact) mass is 433 g/mol. The Morgan fingerprint density at radius 1 is 1.29 bits per heavy atom. The average molecular weight is 436 g/mol. The number of aromatic nitrogens is 2. The smallest absolute Gasteiger partial charge is 0.0760 e. The summed E-state index contributed by atoms with van der Waals surface area (Å²) in [5.41, 5.74) is 2.22. The fourth-order valence-corrected chi connectivity index (χ4v) is 3.74. The normalized spacial score (nSPS) is 12.9. The van der Waals surface area contributed by atoms with Crippen LogP contribution in [0.2, 0.25) is 5.02 Å². The summed E-state index contributed by atoms with van der Waals surface area (Å²) in [6.07, 6.45) is 1.85. The zero-order valence-corrected chi connectivity index (χ0v) is 16.1. The molecular weight excluding hydrogens is 417 g/mol. The van der Waals surface area contributed by atoms with Crippen molar-refractivity contribution in [2.24, 2.45) is 0 Å². The van der Waals surface area contributed by atoms with Gasteiger partial charge in [0.15, 0.2) is 0 Å². The van der Waals surface area contributed by atoms with Gasteiger partial charge in [0, 0.05) is 15.5 Å². The molecule has 0 fully saturated rings. The molecule has 1 atom stereocenters. The van der Waals surface area contributed by atoms with Gasteiger partial charge < -0.3 is 5.32 Å². The minimum absolute atomic E-state index is 0.0317. The van der Waals surface area contributed by atoms with Crippen LogP contribution in [0.4, 0.5) is 0 Å². The van der Waals surface area contributed by atoms with E-state index in [2.05, 4.69) is 69.1 Å². The summed E-state index contributed by atoms with van der Waals surface area (Å²) in [4.78, 5) is 0. The summed E-state index contributed by atoms with van der Waals surface area (Å²) < 4.78 is 4.00. The summed E-state index contributed by atoms with van der Waals surface area (Å²) in [7, 11) is 0. The number of hydrogen-bond donors (Lipinski definition) is 1. The highest BCUT2D eigenvalue weighted by Gasteiger charge is 2.23. The van der Waals surface area contributed by atoms with Gasteiger partial charge in [-0.25, -0.2) is 0 Å². The number of hydrogen-bond acceptors (Lipinski definition) is 2. The van der Waals surface area contributed by atoms with Crippen molar-refractivity contribution < 1.29 is 0 Å². The van der Waals surface area contributed by atoms with Crippen LogP contribution in [0, 0.1) is 0 Å². The van der Waals surface area contributed by atoms with Crippen molar-refractivity contribution in [3.63, 3.8) is 0 Å². The van der Waals surface area contributed by atoms with E-state index in [9.17, 15) is 0 Å². The quantitative estimate of drug-likeness (QED) is 0.687. The summed E-state index contributed by atoms with van der Waals surface area (Å²) in [6, 6.07) is 6.29. The lowest BCUT2D eigenvalue weighted by Gasteiger charge is -2.22. The maximum atomic E-state index is 6.21. The van der Waals surface area contributed by atoms with Crippen molar-refractivity contribution in [2.75, 3.05) is 6.54 Å². The van der Waals surface area contributed by atoms with Crippen LogP contribution in [-0.2, 0) is 0 Å². The third-order valence-corrected chi connectivity index (χ3v) is 4.46. The molecule has 0 saturated carbocycles. The first-order valence-corrected chi connectivity index (χ1v) is 8.82. The predicted octanol–water partition coefficient (Wildman–Crippen LogP) is 5.34. The Morgan fingerprint density at radius 2 is 2.00 bits per heavy atom. The molecule has 1 aromatic heterocycles. The third-order valence-electron chi connectivity index (χ3n) is 3.18. The van der Waals surface area contributed by atoms with E-state index in [0.29, 0.717) is 5.02 Å². The summed E-state index contributed by atoms with van der Waals surface area (Å²) in [6.45, 7) is 7.20. The molecule has 3 nitrogen and oxygen atoms in total. The molecule has 2 rings (SSSR count). The minimum atomic E-state index is 0.0317. The van der Waals surface area contributed by atoms with Crippen LogP contribution >= 0.6 is 43.5 Å². The number of nitrogens with zero attached hydrogens (tertiary/aromatic N) is 2. The van der Waals surface area contributed by atoms with Crippen molar-refractivity contribution >= 4 is 43.5 Å². The Labute approximate surface area is 147 Å². The molecule has 0 aliphatic heterocycles. The van der Waals surface area contributed by atoms with Gasteiger partial charge in [-0.15, -0.1) is 0 Å².